The van der Waals surface area contributed by atoms with E-state index in [1.807, 2.05) is 0 Å². The Bertz CT molecular complexity index is 953. The Morgan fingerprint density at radius 2 is 1.85 bits per heavy atom. The van der Waals surface area contributed by atoms with Crippen molar-refractivity contribution in [2.45, 2.75) is 31.1 Å². The van der Waals surface area contributed by atoms with Crippen LogP contribution in [0.2, 0.25) is 0 Å². The topological polar surface area (TPSA) is 152 Å². The van der Waals surface area contributed by atoms with Crippen LogP contribution in [-0.4, -0.2) is 73.8 Å². The van der Waals surface area contributed by atoms with E-state index in [0.29, 0.717) is 19.2 Å². The molecule has 0 bridgehead atoms. The third-order valence-electron chi connectivity index (χ3n) is 5.39. The second-order valence-corrected chi connectivity index (χ2v) is 7.79. The number of amides is 5. The lowest BCUT2D eigenvalue weighted by molar-refractivity contribution is -0.252. The molecule has 11 nitrogen and oxygen atoms in total. The molecule has 1 aromatic rings. The molecule has 1 aromatic carbocycles. The zero-order valence-corrected chi connectivity index (χ0v) is 17.9. The highest BCUT2D eigenvalue weighted by atomic mass is 19.4. The van der Waals surface area contributed by atoms with Crippen LogP contribution in [0.15, 0.2) is 18.2 Å². The van der Waals surface area contributed by atoms with Crippen molar-refractivity contribution >= 4 is 29.6 Å². The van der Waals surface area contributed by atoms with E-state index >= 15 is 0 Å². The van der Waals surface area contributed by atoms with Crippen molar-refractivity contribution in [3.05, 3.63) is 29.3 Å². The SMILES string of the molecule is O=C([O-])NC1CCOCC1NC(=O)CNC(=O)c1cc(C(F)(F)F)ccc1NC(=O)N1CCC1. The van der Waals surface area contributed by atoms with Crippen LogP contribution >= 0.6 is 0 Å². The highest BCUT2D eigenvalue weighted by Gasteiger charge is 2.33. The fourth-order valence-corrected chi connectivity index (χ4v) is 3.45. The molecule has 34 heavy (non-hydrogen) atoms. The number of carboxylic acid groups (broad SMARTS) is 1. The molecule has 0 saturated carbocycles. The van der Waals surface area contributed by atoms with Gasteiger partial charge in [0.25, 0.3) is 5.91 Å². The molecule has 0 radical (unpaired) electrons. The zero-order valence-electron chi connectivity index (χ0n) is 17.9. The minimum absolute atomic E-state index is 0.0188. The Labute approximate surface area is 192 Å². The molecular weight excluding hydrogens is 463 g/mol. The summed E-state index contributed by atoms with van der Waals surface area (Å²) in [5.41, 5.74) is -1.70. The van der Waals surface area contributed by atoms with E-state index in [-0.39, 0.29) is 25.3 Å². The summed E-state index contributed by atoms with van der Waals surface area (Å²) in [6.45, 7) is 0.670. The Morgan fingerprint density at radius 1 is 1.12 bits per heavy atom. The molecular formula is C20H23F3N5O6-. The lowest BCUT2D eigenvalue weighted by Gasteiger charge is -2.33. The minimum atomic E-state index is -4.73. The summed E-state index contributed by atoms with van der Waals surface area (Å²) in [6.07, 6.45) is -5.16. The monoisotopic (exact) mass is 486 g/mol. The van der Waals surface area contributed by atoms with Gasteiger partial charge in [-0.25, -0.2) is 4.79 Å². The molecule has 4 N–H and O–H groups in total. The summed E-state index contributed by atoms with van der Waals surface area (Å²) in [4.78, 5) is 49.3. The van der Waals surface area contributed by atoms with Gasteiger partial charge < -0.3 is 40.8 Å². The van der Waals surface area contributed by atoms with E-state index in [1.165, 1.54) is 4.90 Å². The molecule has 2 saturated heterocycles. The van der Waals surface area contributed by atoms with E-state index in [9.17, 15) is 37.5 Å². The predicted molar refractivity (Wildman–Crippen MR) is 109 cm³/mol. The summed E-state index contributed by atoms with van der Waals surface area (Å²) in [5.74, 6) is -1.73. The molecule has 5 amide bonds. The number of carbonyl (C=O) groups is 4. The summed E-state index contributed by atoms with van der Waals surface area (Å²) in [5, 5.41) is 20.1. The predicted octanol–water partition coefficient (Wildman–Crippen LogP) is -0.121. The minimum Gasteiger partial charge on any atom is -0.530 e. The largest absolute Gasteiger partial charge is 0.530 e. The molecule has 2 heterocycles. The first-order valence-corrected chi connectivity index (χ1v) is 10.4. The number of nitrogens with zero attached hydrogens (tertiary/aromatic N) is 1. The summed E-state index contributed by atoms with van der Waals surface area (Å²) in [7, 11) is 0. The van der Waals surface area contributed by atoms with Crippen molar-refractivity contribution in [2.24, 2.45) is 0 Å². The molecule has 2 aliphatic rings. The number of ether oxygens (including phenoxy) is 1. The molecule has 0 spiro atoms. The van der Waals surface area contributed by atoms with Crippen LogP contribution in [-0.2, 0) is 15.7 Å². The van der Waals surface area contributed by atoms with Crippen LogP contribution in [0.3, 0.4) is 0 Å². The third-order valence-corrected chi connectivity index (χ3v) is 5.39. The van der Waals surface area contributed by atoms with Crippen molar-refractivity contribution in [3.8, 4) is 0 Å². The molecule has 186 valence electrons. The summed E-state index contributed by atoms with van der Waals surface area (Å²) < 4.78 is 44.7. The maximum Gasteiger partial charge on any atom is 0.416 e. The average molecular weight is 486 g/mol. The first-order valence-electron chi connectivity index (χ1n) is 10.4. The second-order valence-electron chi connectivity index (χ2n) is 7.79. The number of anilines is 1. The van der Waals surface area contributed by atoms with Gasteiger partial charge in [-0.2, -0.15) is 13.2 Å². The van der Waals surface area contributed by atoms with Crippen LogP contribution in [0.25, 0.3) is 0 Å². The maximum atomic E-state index is 13.2. The smallest absolute Gasteiger partial charge is 0.416 e. The standard InChI is InChI=1S/C20H24F3N5O6/c21-20(22,23)11-2-3-13(26-18(31)28-5-1-6-28)12(8-11)17(30)24-9-16(29)25-15-10-34-7-4-14(15)27-19(32)33/h2-3,8,14-15,27H,1,4-7,9-10H2,(H,24,30)(H,25,29)(H,26,31)(H,32,33)/p-1. The molecule has 3 rings (SSSR count). The number of hydrogen-bond acceptors (Lipinski definition) is 6. The molecule has 0 aliphatic carbocycles. The van der Waals surface area contributed by atoms with Crippen molar-refractivity contribution in [3.63, 3.8) is 0 Å². The zero-order chi connectivity index (χ0) is 24.9. The molecule has 2 fully saturated rings. The van der Waals surface area contributed by atoms with Gasteiger partial charge in [-0.15, -0.1) is 0 Å². The third kappa shape index (κ3) is 6.50. The van der Waals surface area contributed by atoms with Crippen LogP contribution in [0, 0.1) is 0 Å². The van der Waals surface area contributed by atoms with Crippen LogP contribution in [0.5, 0.6) is 0 Å². The summed E-state index contributed by atoms with van der Waals surface area (Å²) in [6, 6.07) is 0.365. The Morgan fingerprint density at radius 3 is 2.47 bits per heavy atom. The maximum absolute atomic E-state index is 13.2. The van der Waals surface area contributed by atoms with Crippen LogP contribution in [0.4, 0.5) is 28.4 Å². The van der Waals surface area contributed by atoms with Gasteiger partial charge in [-0.1, -0.05) is 0 Å². The van der Waals surface area contributed by atoms with Crippen molar-refractivity contribution < 1.29 is 42.2 Å². The fourth-order valence-electron chi connectivity index (χ4n) is 3.45. The molecule has 2 aliphatic heterocycles. The van der Waals surface area contributed by atoms with E-state index in [1.54, 1.807) is 0 Å². The Balaban J connectivity index is 1.66. The van der Waals surface area contributed by atoms with Gasteiger partial charge in [0.05, 0.1) is 42.0 Å². The van der Waals surface area contributed by atoms with E-state index < -0.39 is 59.9 Å². The highest BCUT2D eigenvalue weighted by Crippen LogP contribution is 2.32. The highest BCUT2D eigenvalue weighted by molar-refractivity contribution is 6.04. The number of nitrogens with one attached hydrogen (secondary N) is 4. The number of likely N-dealkylation sites (tertiary alicyclic amines) is 1. The van der Waals surface area contributed by atoms with Gasteiger partial charge in [0.2, 0.25) is 5.91 Å². The number of carbonyl (C=O) groups excluding carboxylic acids is 4. The van der Waals surface area contributed by atoms with E-state index in [4.69, 9.17) is 4.74 Å². The van der Waals surface area contributed by atoms with Crippen molar-refractivity contribution in [1.82, 2.24) is 20.9 Å². The lowest BCUT2D eigenvalue weighted by Crippen LogP contribution is -2.59. The fraction of sp³-hybridized carbons (Fsp3) is 0.500. The van der Waals surface area contributed by atoms with Gasteiger partial charge in [0, 0.05) is 19.7 Å². The molecule has 2 atom stereocenters. The van der Waals surface area contributed by atoms with E-state index in [0.717, 1.165) is 18.6 Å². The van der Waals surface area contributed by atoms with Crippen LogP contribution < -0.4 is 26.4 Å². The first kappa shape index (κ1) is 25.1. The molecule has 14 heteroatoms. The number of hydrogen-bond donors (Lipinski definition) is 4. The van der Waals surface area contributed by atoms with Gasteiger partial charge >= 0.3 is 12.2 Å². The Kier molecular flexibility index (Phi) is 7.81. The van der Waals surface area contributed by atoms with Gasteiger partial charge in [-0.05, 0) is 31.0 Å². The van der Waals surface area contributed by atoms with Crippen LogP contribution in [0.1, 0.15) is 28.8 Å². The van der Waals surface area contributed by atoms with Gasteiger partial charge in [0.15, 0.2) is 0 Å². The number of alkyl halides is 3. The number of urea groups is 1. The summed E-state index contributed by atoms with van der Waals surface area (Å²) >= 11 is 0. The second kappa shape index (κ2) is 10.6. The number of benzene rings is 1. The average Bonchev–Trinajstić information content (AvgIpc) is 2.71. The quantitative estimate of drug-likeness (QED) is 0.440. The first-order chi connectivity index (χ1) is 16.0. The number of halogens is 3. The van der Waals surface area contributed by atoms with Gasteiger partial charge in [0.1, 0.15) is 6.09 Å². The van der Waals surface area contributed by atoms with Crippen molar-refractivity contribution in [1.29, 1.82) is 0 Å². The van der Waals surface area contributed by atoms with Crippen molar-refractivity contribution in [2.75, 3.05) is 38.2 Å². The normalized spacial score (nSPS) is 20.0. The van der Waals surface area contributed by atoms with E-state index in [2.05, 4.69) is 21.3 Å². The Hall–Kier alpha value is -3.55. The molecule has 2 unspecified atom stereocenters. The van der Waals surface area contributed by atoms with Gasteiger partial charge in [-0.3, -0.25) is 9.59 Å². The lowest BCUT2D eigenvalue weighted by atomic mass is 10.0. The number of rotatable bonds is 6. The molecule has 0 aromatic heterocycles.